The van der Waals surface area contributed by atoms with Gasteiger partial charge in [0.2, 0.25) is 5.91 Å². The van der Waals surface area contributed by atoms with Gasteiger partial charge in [-0.25, -0.2) is 0 Å². The van der Waals surface area contributed by atoms with Crippen molar-refractivity contribution < 1.29 is 4.79 Å². The molecule has 0 aliphatic carbocycles. The highest BCUT2D eigenvalue weighted by Crippen LogP contribution is 2.07. The number of carbonyl (C=O) groups excluding carboxylic acids is 1. The molecule has 0 aromatic carbocycles. The van der Waals surface area contributed by atoms with Crippen molar-refractivity contribution in [3.05, 3.63) is 0 Å². The van der Waals surface area contributed by atoms with E-state index in [1.165, 1.54) is 0 Å². The topological polar surface area (TPSA) is 41.1 Å². The molecular formula is C11H20N2O. The van der Waals surface area contributed by atoms with Crippen LogP contribution in [0.4, 0.5) is 0 Å². The van der Waals surface area contributed by atoms with E-state index in [4.69, 9.17) is 6.42 Å². The van der Waals surface area contributed by atoms with Crippen LogP contribution in [0.25, 0.3) is 0 Å². The number of amides is 1. The molecule has 0 rings (SSSR count). The monoisotopic (exact) mass is 196 g/mol. The molecule has 0 fully saturated rings. The molecule has 0 aromatic heterocycles. The van der Waals surface area contributed by atoms with Crippen molar-refractivity contribution in [1.82, 2.24) is 10.6 Å². The number of nitrogens with one attached hydrogen (secondary N) is 2. The first kappa shape index (κ1) is 13.0. The lowest BCUT2D eigenvalue weighted by Gasteiger charge is -2.28. The van der Waals surface area contributed by atoms with Gasteiger partial charge in [-0.1, -0.05) is 12.8 Å². The van der Waals surface area contributed by atoms with Crippen molar-refractivity contribution in [3.63, 3.8) is 0 Å². The van der Waals surface area contributed by atoms with Crippen LogP contribution in [-0.2, 0) is 4.79 Å². The van der Waals surface area contributed by atoms with Crippen molar-refractivity contribution in [2.24, 2.45) is 0 Å². The number of carbonyl (C=O) groups is 1. The van der Waals surface area contributed by atoms with Gasteiger partial charge in [-0.2, -0.15) is 0 Å². The van der Waals surface area contributed by atoms with E-state index >= 15 is 0 Å². The summed E-state index contributed by atoms with van der Waals surface area (Å²) in [6.45, 7) is 8.34. The van der Waals surface area contributed by atoms with Gasteiger partial charge in [0.25, 0.3) is 0 Å². The summed E-state index contributed by atoms with van der Waals surface area (Å²) >= 11 is 0. The van der Waals surface area contributed by atoms with E-state index in [2.05, 4.69) is 37.3 Å². The summed E-state index contributed by atoms with van der Waals surface area (Å²) in [6, 6.07) is -0.210. The van der Waals surface area contributed by atoms with E-state index in [0.717, 1.165) is 6.42 Å². The van der Waals surface area contributed by atoms with Gasteiger partial charge >= 0.3 is 0 Å². The second-order valence-electron chi connectivity index (χ2n) is 4.03. The Labute approximate surface area is 86.6 Å². The largest absolute Gasteiger partial charge is 0.344 e. The minimum atomic E-state index is -0.210. The molecule has 80 valence electrons. The maximum absolute atomic E-state index is 11.4. The van der Waals surface area contributed by atoms with E-state index in [9.17, 15) is 4.79 Å². The van der Waals surface area contributed by atoms with Gasteiger partial charge in [-0.3, -0.25) is 4.79 Å². The minimum absolute atomic E-state index is 0.0209. The average molecular weight is 196 g/mol. The molecule has 1 unspecified atom stereocenters. The Morgan fingerprint density at radius 3 is 2.57 bits per heavy atom. The smallest absolute Gasteiger partial charge is 0.237 e. The third kappa shape index (κ3) is 4.88. The summed E-state index contributed by atoms with van der Waals surface area (Å²) < 4.78 is 0. The van der Waals surface area contributed by atoms with Gasteiger partial charge in [0.1, 0.15) is 0 Å². The van der Waals surface area contributed by atoms with E-state index in [0.29, 0.717) is 0 Å². The molecule has 0 aromatic rings. The Balaban J connectivity index is 4.02. The zero-order chi connectivity index (χ0) is 11.2. The Hall–Kier alpha value is -1.01. The third-order valence-corrected chi connectivity index (χ3v) is 2.25. The first-order chi connectivity index (χ1) is 6.43. The molecule has 1 amide bonds. The van der Waals surface area contributed by atoms with Crippen LogP contribution in [0.1, 0.15) is 34.1 Å². The van der Waals surface area contributed by atoms with Crippen LogP contribution in [-0.4, -0.2) is 24.0 Å². The second-order valence-corrected chi connectivity index (χ2v) is 4.03. The molecule has 0 aliphatic heterocycles. The van der Waals surface area contributed by atoms with Crippen molar-refractivity contribution >= 4 is 5.91 Å². The van der Waals surface area contributed by atoms with Crippen LogP contribution in [0.5, 0.6) is 0 Å². The van der Waals surface area contributed by atoms with Gasteiger partial charge in [0.15, 0.2) is 0 Å². The van der Waals surface area contributed by atoms with Crippen LogP contribution in [0.2, 0.25) is 0 Å². The second kappa shape index (κ2) is 5.66. The van der Waals surface area contributed by atoms with Crippen LogP contribution in [0, 0.1) is 12.3 Å². The minimum Gasteiger partial charge on any atom is -0.344 e. The van der Waals surface area contributed by atoms with Crippen LogP contribution < -0.4 is 10.6 Å². The van der Waals surface area contributed by atoms with Gasteiger partial charge in [-0.15, -0.1) is 6.42 Å². The van der Waals surface area contributed by atoms with Crippen LogP contribution >= 0.6 is 0 Å². The molecule has 0 spiro atoms. The summed E-state index contributed by atoms with van der Waals surface area (Å²) in [5.74, 6) is 2.32. The summed E-state index contributed by atoms with van der Waals surface area (Å²) in [5.41, 5.74) is -0.0209. The maximum Gasteiger partial charge on any atom is 0.237 e. The van der Waals surface area contributed by atoms with Crippen molar-refractivity contribution in [1.29, 1.82) is 0 Å². The highest BCUT2D eigenvalue weighted by molar-refractivity contribution is 5.81. The predicted octanol–water partition coefficient (Wildman–Crippen LogP) is 0.902. The molecule has 0 bridgehead atoms. The molecule has 2 N–H and O–H groups in total. The van der Waals surface area contributed by atoms with Crippen molar-refractivity contribution in [3.8, 4) is 12.3 Å². The van der Waals surface area contributed by atoms with E-state index in [1.54, 1.807) is 0 Å². The summed E-state index contributed by atoms with van der Waals surface area (Å²) in [4.78, 5) is 11.4. The normalized spacial score (nSPS) is 13.1. The lowest BCUT2D eigenvalue weighted by molar-refractivity contribution is -0.123. The Bertz CT molecular complexity index is 228. The maximum atomic E-state index is 11.4. The van der Waals surface area contributed by atoms with Crippen LogP contribution in [0.3, 0.4) is 0 Å². The molecule has 14 heavy (non-hydrogen) atoms. The molecule has 3 nitrogen and oxygen atoms in total. The molecular weight excluding hydrogens is 176 g/mol. The summed E-state index contributed by atoms with van der Waals surface area (Å²) in [7, 11) is 0. The fourth-order valence-electron chi connectivity index (χ4n) is 1.04. The average Bonchev–Trinajstić information content (AvgIpc) is 2.13. The first-order valence-corrected chi connectivity index (χ1v) is 4.92. The summed E-state index contributed by atoms with van der Waals surface area (Å²) in [6.07, 6.45) is 6.02. The Morgan fingerprint density at radius 1 is 1.57 bits per heavy atom. The fraction of sp³-hybridized carbons (Fsp3) is 0.727. The van der Waals surface area contributed by atoms with Crippen molar-refractivity contribution in [2.75, 3.05) is 6.54 Å². The predicted molar refractivity (Wildman–Crippen MR) is 58.8 cm³/mol. The number of hydrogen-bond donors (Lipinski definition) is 2. The zero-order valence-corrected chi connectivity index (χ0v) is 9.48. The fourth-order valence-corrected chi connectivity index (χ4v) is 1.04. The van der Waals surface area contributed by atoms with Gasteiger partial charge in [0, 0.05) is 5.54 Å². The molecule has 1 atom stereocenters. The van der Waals surface area contributed by atoms with E-state index in [-0.39, 0.29) is 24.0 Å². The van der Waals surface area contributed by atoms with Crippen LogP contribution in [0.15, 0.2) is 0 Å². The Kier molecular flexibility index (Phi) is 5.26. The van der Waals surface area contributed by atoms with Gasteiger partial charge in [0.05, 0.1) is 12.6 Å². The van der Waals surface area contributed by atoms with Gasteiger partial charge in [-0.05, 0) is 27.2 Å². The highest BCUT2D eigenvalue weighted by Gasteiger charge is 2.21. The highest BCUT2D eigenvalue weighted by atomic mass is 16.2. The number of hydrogen-bond acceptors (Lipinski definition) is 2. The molecule has 3 heteroatoms. The molecule has 0 aliphatic rings. The Morgan fingerprint density at radius 2 is 2.14 bits per heavy atom. The summed E-state index contributed by atoms with van der Waals surface area (Å²) in [5, 5.41) is 5.88. The lowest BCUT2D eigenvalue weighted by Crippen LogP contribution is -2.51. The third-order valence-electron chi connectivity index (χ3n) is 2.25. The number of rotatable bonds is 5. The van der Waals surface area contributed by atoms with Crippen molar-refractivity contribution in [2.45, 2.75) is 45.7 Å². The van der Waals surface area contributed by atoms with Gasteiger partial charge < -0.3 is 10.6 Å². The zero-order valence-electron chi connectivity index (χ0n) is 9.48. The van der Waals surface area contributed by atoms with E-state index in [1.807, 2.05) is 6.92 Å². The molecule has 0 heterocycles. The quantitative estimate of drug-likeness (QED) is 0.642. The number of terminal acetylenes is 1. The lowest BCUT2D eigenvalue weighted by atomic mass is 10.0. The first-order valence-electron chi connectivity index (χ1n) is 4.92. The molecule has 0 radical (unpaired) electrons. The standard InChI is InChI=1S/C11H20N2O/c1-6-8-12-10(14)9(3)13-11(4,5)7-2/h1,9,13H,7-8H2,2-5H3,(H,12,14). The van der Waals surface area contributed by atoms with E-state index < -0.39 is 0 Å². The molecule has 0 saturated heterocycles. The SMILES string of the molecule is C#CCNC(=O)C(C)NC(C)(C)CC. The molecule has 0 saturated carbocycles.